The number of aromatic nitrogens is 3. The lowest BCUT2D eigenvalue weighted by atomic mass is 10.0. The zero-order chi connectivity index (χ0) is 18.8. The number of morpholine rings is 1. The van der Waals surface area contributed by atoms with Crippen LogP contribution in [0.2, 0.25) is 0 Å². The normalized spacial score (nSPS) is 18.4. The summed E-state index contributed by atoms with van der Waals surface area (Å²) in [5, 5.41) is 8.21. The molecule has 0 aliphatic carbocycles. The highest BCUT2D eigenvalue weighted by atomic mass is 16.5. The summed E-state index contributed by atoms with van der Waals surface area (Å²) in [6.07, 6.45) is 5.28. The van der Waals surface area contributed by atoms with E-state index in [0.29, 0.717) is 19.0 Å². The molecule has 7 nitrogen and oxygen atoms in total. The van der Waals surface area contributed by atoms with Crippen LogP contribution in [0.15, 0.2) is 43.0 Å². The van der Waals surface area contributed by atoms with Crippen LogP contribution in [0.1, 0.15) is 6.92 Å². The molecule has 0 spiro atoms. The lowest BCUT2D eigenvalue weighted by Gasteiger charge is -2.27. The summed E-state index contributed by atoms with van der Waals surface area (Å²) >= 11 is 0. The number of ether oxygens (including phenoxy) is 1. The van der Waals surface area contributed by atoms with Crippen LogP contribution in [0.4, 0.5) is 5.82 Å². The van der Waals surface area contributed by atoms with E-state index in [1.165, 1.54) is 0 Å². The Morgan fingerprint density at radius 3 is 2.96 bits per heavy atom. The van der Waals surface area contributed by atoms with E-state index in [4.69, 9.17) is 4.74 Å². The van der Waals surface area contributed by atoms with Crippen molar-refractivity contribution in [2.45, 2.75) is 13.0 Å². The predicted molar refractivity (Wildman–Crippen MR) is 104 cm³/mol. The van der Waals surface area contributed by atoms with Crippen molar-refractivity contribution in [1.29, 1.82) is 0 Å². The highest BCUT2D eigenvalue weighted by Crippen LogP contribution is 2.25. The quantitative estimate of drug-likeness (QED) is 0.741. The molecule has 0 bridgehead atoms. The summed E-state index contributed by atoms with van der Waals surface area (Å²) in [5.74, 6) is 0.208. The number of nitrogens with one attached hydrogen (secondary N) is 2. The summed E-state index contributed by atoms with van der Waals surface area (Å²) < 4.78 is 7.66. The van der Waals surface area contributed by atoms with Gasteiger partial charge in [0.1, 0.15) is 5.82 Å². The molecular weight excluding hydrogens is 342 g/mol. The van der Waals surface area contributed by atoms with Gasteiger partial charge in [-0.1, -0.05) is 19.1 Å². The van der Waals surface area contributed by atoms with Gasteiger partial charge < -0.3 is 19.9 Å². The molecule has 1 aromatic carbocycles. The molecule has 1 aliphatic rings. The van der Waals surface area contributed by atoms with Crippen molar-refractivity contribution in [3.63, 3.8) is 0 Å². The second kappa shape index (κ2) is 7.46. The van der Waals surface area contributed by atoms with Gasteiger partial charge in [0.25, 0.3) is 0 Å². The zero-order valence-corrected chi connectivity index (χ0v) is 15.5. The van der Waals surface area contributed by atoms with Gasteiger partial charge >= 0.3 is 0 Å². The van der Waals surface area contributed by atoms with Crippen LogP contribution in [-0.4, -0.2) is 46.2 Å². The van der Waals surface area contributed by atoms with Crippen LogP contribution in [-0.2, 0) is 16.6 Å². The molecule has 1 amide bonds. The third kappa shape index (κ3) is 3.70. The SMILES string of the molecule is CC(C(=O)Nc1cc2cc(-c3cncn3C)ccc2cn1)C1CNCCO1. The molecule has 2 unspecified atom stereocenters. The standard InChI is InChI=1S/C20H23N5O2/c1-13(18-11-21-5-6-27-18)20(26)24-19-8-16-7-14(3-4-15(16)9-23-19)17-10-22-12-25(17)2/h3-4,7-10,12-13,18,21H,5-6,11H2,1-2H3,(H,23,24,26). The van der Waals surface area contributed by atoms with E-state index in [1.807, 2.05) is 36.9 Å². The Morgan fingerprint density at radius 1 is 1.33 bits per heavy atom. The topological polar surface area (TPSA) is 81.1 Å². The van der Waals surface area contributed by atoms with Crippen molar-refractivity contribution in [3.05, 3.63) is 43.0 Å². The van der Waals surface area contributed by atoms with Crippen LogP contribution < -0.4 is 10.6 Å². The fourth-order valence-corrected chi connectivity index (χ4v) is 3.32. The number of hydrogen-bond donors (Lipinski definition) is 2. The monoisotopic (exact) mass is 365 g/mol. The number of imidazole rings is 1. The van der Waals surface area contributed by atoms with Crippen molar-refractivity contribution >= 4 is 22.5 Å². The van der Waals surface area contributed by atoms with Gasteiger partial charge in [0.15, 0.2) is 0 Å². The van der Waals surface area contributed by atoms with Crippen molar-refractivity contribution in [3.8, 4) is 11.3 Å². The summed E-state index contributed by atoms with van der Waals surface area (Å²) in [4.78, 5) is 21.1. The van der Waals surface area contributed by atoms with E-state index in [1.54, 1.807) is 12.5 Å². The zero-order valence-electron chi connectivity index (χ0n) is 15.5. The van der Waals surface area contributed by atoms with Gasteiger partial charge in [0, 0.05) is 37.3 Å². The number of anilines is 1. The largest absolute Gasteiger partial charge is 0.375 e. The number of pyridine rings is 1. The number of hydrogen-bond acceptors (Lipinski definition) is 5. The first kappa shape index (κ1) is 17.6. The molecule has 2 atom stereocenters. The van der Waals surface area contributed by atoms with E-state index < -0.39 is 0 Å². The number of fused-ring (bicyclic) bond motifs is 1. The molecule has 140 valence electrons. The number of carbonyl (C=O) groups excluding carboxylic acids is 1. The van der Waals surface area contributed by atoms with Crippen molar-refractivity contribution < 1.29 is 9.53 Å². The second-order valence-electron chi connectivity index (χ2n) is 6.91. The first-order valence-electron chi connectivity index (χ1n) is 9.11. The lowest BCUT2D eigenvalue weighted by molar-refractivity contribution is -0.125. The van der Waals surface area contributed by atoms with Gasteiger partial charge in [-0.2, -0.15) is 0 Å². The summed E-state index contributed by atoms with van der Waals surface area (Å²) in [5.41, 5.74) is 2.11. The molecule has 1 saturated heterocycles. The Labute approximate surface area is 157 Å². The smallest absolute Gasteiger partial charge is 0.231 e. The molecule has 27 heavy (non-hydrogen) atoms. The van der Waals surface area contributed by atoms with Crippen LogP contribution in [0.3, 0.4) is 0 Å². The maximum atomic E-state index is 12.6. The molecule has 0 saturated carbocycles. The fraction of sp³-hybridized carbons (Fsp3) is 0.350. The Morgan fingerprint density at radius 2 is 2.22 bits per heavy atom. The Kier molecular flexibility index (Phi) is 4.87. The maximum Gasteiger partial charge on any atom is 0.231 e. The molecule has 1 aliphatic heterocycles. The molecule has 3 heterocycles. The molecule has 7 heteroatoms. The molecular formula is C20H23N5O2. The number of nitrogens with zero attached hydrogens (tertiary/aromatic N) is 3. The summed E-state index contributed by atoms with van der Waals surface area (Å²) in [6, 6.07) is 8.07. The van der Waals surface area contributed by atoms with Crippen molar-refractivity contribution in [2.75, 3.05) is 25.0 Å². The van der Waals surface area contributed by atoms with Crippen LogP contribution in [0, 0.1) is 5.92 Å². The van der Waals surface area contributed by atoms with Gasteiger partial charge in [-0.15, -0.1) is 0 Å². The Balaban J connectivity index is 1.55. The van der Waals surface area contributed by atoms with Gasteiger partial charge in [-0.25, -0.2) is 9.97 Å². The van der Waals surface area contributed by atoms with E-state index in [0.717, 1.165) is 28.6 Å². The minimum Gasteiger partial charge on any atom is -0.375 e. The second-order valence-corrected chi connectivity index (χ2v) is 6.91. The molecule has 2 aromatic heterocycles. The van der Waals surface area contributed by atoms with E-state index in [2.05, 4.69) is 32.7 Å². The van der Waals surface area contributed by atoms with Crippen LogP contribution in [0.25, 0.3) is 22.0 Å². The molecule has 0 radical (unpaired) electrons. The third-order valence-electron chi connectivity index (χ3n) is 5.01. The van der Waals surface area contributed by atoms with Gasteiger partial charge in [0.05, 0.1) is 36.8 Å². The molecule has 3 aromatic rings. The van der Waals surface area contributed by atoms with Gasteiger partial charge in [0.2, 0.25) is 5.91 Å². The highest BCUT2D eigenvalue weighted by Gasteiger charge is 2.26. The van der Waals surface area contributed by atoms with E-state index >= 15 is 0 Å². The number of amides is 1. The average Bonchev–Trinajstić information content (AvgIpc) is 3.13. The Hall–Kier alpha value is -2.77. The van der Waals surface area contributed by atoms with Crippen LogP contribution in [0.5, 0.6) is 0 Å². The minimum absolute atomic E-state index is 0.0849. The predicted octanol–water partition coefficient (Wildman–Crippen LogP) is 2.20. The van der Waals surface area contributed by atoms with E-state index in [-0.39, 0.29) is 17.9 Å². The maximum absolute atomic E-state index is 12.6. The van der Waals surface area contributed by atoms with Gasteiger partial charge in [-0.05, 0) is 17.5 Å². The molecule has 1 fully saturated rings. The molecule has 4 rings (SSSR count). The molecule has 2 N–H and O–H groups in total. The van der Waals surface area contributed by atoms with E-state index in [9.17, 15) is 4.79 Å². The lowest BCUT2D eigenvalue weighted by Crippen LogP contribution is -2.45. The number of benzene rings is 1. The van der Waals surface area contributed by atoms with Gasteiger partial charge in [-0.3, -0.25) is 4.79 Å². The summed E-state index contributed by atoms with van der Waals surface area (Å²) in [7, 11) is 1.97. The third-order valence-corrected chi connectivity index (χ3v) is 5.01. The highest BCUT2D eigenvalue weighted by molar-refractivity contribution is 5.95. The first-order chi connectivity index (χ1) is 13.1. The summed E-state index contributed by atoms with van der Waals surface area (Å²) in [6.45, 7) is 4.03. The Bertz CT molecular complexity index is 962. The number of carbonyl (C=O) groups is 1. The average molecular weight is 365 g/mol. The van der Waals surface area contributed by atoms with Crippen molar-refractivity contribution in [2.24, 2.45) is 13.0 Å². The first-order valence-corrected chi connectivity index (χ1v) is 9.11. The number of aryl methyl sites for hydroxylation is 1. The van der Waals surface area contributed by atoms with Crippen molar-refractivity contribution in [1.82, 2.24) is 19.9 Å². The minimum atomic E-state index is -0.254. The fourth-order valence-electron chi connectivity index (χ4n) is 3.32. The van der Waals surface area contributed by atoms with Crippen LogP contribution >= 0.6 is 0 Å². The number of rotatable bonds is 4.